The molecule has 52 heavy (non-hydrogen) atoms. The Bertz CT molecular complexity index is 1700. The zero-order valence-electron chi connectivity index (χ0n) is 28.3. The van der Waals surface area contributed by atoms with Crippen LogP contribution in [0.2, 0.25) is 0 Å². The Labute approximate surface area is 302 Å². The topological polar surface area (TPSA) is 317 Å². The number of benzene rings is 1. The lowest BCUT2D eigenvalue weighted by Crippen LogP contribution is -2.57. The molecule has 0 radical (unpaired) electrons. The lowest BCUT2D eigenvalue weighted by atomic mass is 10.0. The molecule has 3 rings (SSSR count). The van der Waals surface area contributed by atoms with Crippen LogP contribution in [-0.2, 0) is 46.4 Å². The van der Waals surface area contributed by atoms with Gasteiger partial charge in [0.05, 0.1) is 25.5 Å². The first kappa shape index (κ1) is 41.0. The number of aromatic amines is 2. The van der Waals surface area contributed by atoms with E-state index in [1.54, 1.807) is 12.5 Å². The smallest absolute Gasteiger partial charge is 0.328 e. The predicted octanol–water partition coefficient (Wildman–Crippen LogP) is -2.85. The molecule has 0 spiro atoms. The molecular weight excluding hydrogens is 700 g/mol. The van der Waals surface area contributed by atoms with Gasteiger partial charge >= 0.3 is 5.97 Å². The maximum atomic E-state index is 13.5. The van der Waals surface area contributed by atoms with Crippen LogP contribution in [0.15, 0.2) is 43.0 Å². The third kappa shape index (κ3) is 12.7. The highest BCUT2D eigenvalue weighted by Crippen LogP contribution is 2.19. The molecule has 13 N–H and O–H groups in total. The number of aliphatic hydroxyl groups is 1. The van der Waals surface area contributed by atoms with Crippen LogP contribution in [-0.4, -0.2) is 122 Å². The first-order valence-electron chi connectivity index (χ1n) is 16.2. The van der Waals surface area contributed by atoms with Crippen molar-refractivity contribution in [2.45, 2.75) is 62.3 Å². The van der Waals surface area contributed by atoms with E-state index in [4.69, 9.17) is 11.5 Å². The van der Waals surface area contributed by atoms with Crippen LogP contribution in [0.5, 0.6) is 0 Å². The van der Waals surface area contributed by atoms with Crippen molar-refractivity contribution in [2.75, 3.05) is 25.2 Å². The number of rotatable bonds is 22. The number of H-pyrrole nitrogens is 2. The van der Waals surface area contributed by atoms with Crippen molar-refractivity contribution in [1.82, 2.24) is 41.5 Å². The SMILES string of the molecule is CSCC[C@@H](NC(=O)[C@@H](CCC(N)=O)NC(=O)[C@H](N)Cc1c[nH]c2ccccc12)C(=O)NCC(=O)N[C@H](Cc1cnc[nH]1)C(=O)N[C@H](CO)C(=O)O. The molecule has 6 amide bonds. The van der Waals surface area contributed by atoms with Gasteiger partial charge in [-0.3, -0.25) is 28.8 Å². The van der Waals surface area contributed by atoms with Crippen LogP contribution in [0.25, 0.3) is 10.9 Å². The number of amides is 6. The number of carboxylic acids is 1. The van der Waals surface area contributed by atoms with Crippen LogP contribution in [0, 0.1) is 0 Å². The van der Waals surface area contributed by atoms with E-state index in [-0.39, 0.29) is 32.1 Å². The molecule has 0 saturated carbocycles. The Kier molecular flexibility index (Phi) is 16.1. The number of carbonyl (C=O) groups is 7. The monoisotopic (exact) mass is 744 g/mol. The molecule has 5 atom stereocenters. The van der Waals surface area contributed by atoms with E-state index in [1.807, 2.05) is 24.3 Å². The van der Waals surface area contributed by atoms with E-state index in [0.29, 0.717) is 11.4 Å². The summed E-state index contributed by atoms with van der Waals surface area (Å²) in [5.74, 6) is -5.73. The van der Waals surface area contributed by atoms with Gasteiger partial charge in [0.1, 0.15) is 24.2 Å². The number of thioether (sulfide) groups is 1. The van der Waals surface area contributed by atoms with Crippen molar-refractivity contribution in [2.24, 2.45) is 11.5 Å². The van der Waals surface area contributed by atoms with Gasteiger partial charge in [0.2, 0.25) is 35.4 Å². The molecule has 282 valence electrons. The number of fused-ring (bicyclic) bond motifs is 1. The minimum atomic E-state index is -1.62. The maximum Gasteiger partial charge on any atom is 0.328 e. The van der Waals surface area contributed by atoms with Crippen LogP contribution in [0.3, 0.4) is 0 Å². The minimum absolute atomic E-state index is 0.125. The summed E-state index contributed by atoms with van der Waals surface area (Å²) in [4.78, 5) is 98.1. The van der Waals surface area contributed by atoms with E-state index in [9.17, 15) is 43.8 Å². The summed E-state index contributed by atoms with van der Waals surface area (Å²) in [5.41, 5.74) is 13.6. The van der Waals surface area contributed by atoms with Gasteiger partial charge in [-0.1, -0.05) is 18.2 Å². The Morgan fingerprint density at radius 2 is 1.54 bits per heavy atom. The summed E-state index contributed by atoms with van der Waals surface area (Å²) in [6.45, 7) is -1.53. The number of imidazole rings is 1. The first-order valence-corrected chi connectivity index (χ1v) is 17.6. The quantitative estimate of drug-likeness (QED) is 0.0496. The molecule has 2 aromatic heterocycles. The van der Waals surface area contributed by atoms with E-state index in [0.717, 1.165) is 16.5 Å². The molecule has 2 heterocycles. The van der Waals surface area contributed by atoms with Crippen LogP contribution in [0.1, 0.15) is 30.5 Å². The molecule has 20 heteroatoms. The second kappa shape index (κ2) is 20.4. The molecule has 1 aromatic carbocycles. The number of nitrogens with zero attached hydrogens (tertiary/aromatic N) is 1. The number of aliphatic carboxylic acids is 1. The number of aliphatic hydroxyl groups excluding tert-OH is 1. The number of hydrogen-bond acceptors (Lipinski definition) is 11. The highest BCUT2D eigenvalue weighted by atomic mass is 32.2. The van der Waals surface area contributed by atoms with Crippen molar-refractivity contribution < 1.29 is 43.8 Å². The number of carbonyl (C=O) groups excluding carboxylic acids is 6. The Morgan fingerprint density at radius 3 is 2.19 bits per heavy atom. The second-order valence-electron chi connectivity index (χ2n) is 11.8. The molecule has 0 aliphatic rings. The van der Waals surface area contributed by atoms with Crippen LogP contribution in [0.4, 0.5) is 0 Å². The van der Waals surface area contributed by atoms with Crippen molar-refractivity contribution in [3.63, 3.8) is 0 Å². The van der Waals surface area contributed by atoms with Crippen molar-refractivity contribution in [1.29, 1.82) is 0 Å². The number of nitrogens with one attached hydrogen (secondary N) is 7. The predicted molar refractivity (Wildman–Crippen MR) is 189 cm³/mol. The first-order chi connectivity index (χ1) is 24.8. The van der Waals surface area contributed by atoms with Gasteiger partial charge in [-0.25, -0.2) is 9.78 Å². The number of para-hydroxylation sites is 1. The van der Waals surface area contributed by atoms with Crippen molar-refractivity contribution in [3.8, 4) is 0 Å². The standard InChI is InChI=1S/C32H44N10O9S/c1-52-9-8-23(29(47)37-14-27(45)39-24(11-18-13-35-16-38-18)31(49)42-25(15-43)32(50)51)41-30(48)22(6-7-26(34)44)40-28(46)20(33)10-17-12-36-21-5-3-2-4-19(17)21/h2-5,12-13,16,20,22-25,36,43H,6-11,14-15,33H2,1H3,(H2,34,44)(H,35,38)(H,37,47)(H,39,45)(H,40,46)(H,41,48)(H,42,49)(H,50,51)/t20-,22-,23-,24-,25-/m1/s1. The fourth-order valence-corrected chi connectivity index (χ4v) is 5.53. The Morgan fingerprint density at radius 1 is 0.865 bits per heavy atom. The molecule has 0 aliphatic heterocycles. The largest absolute Gasteiger partial charge is 0.480 e. The fourth-order valence-electron chi connectivity index (χ4n) is 5.06. The minimum Gasteiger partial charge on any atom is -0.480 e. The number of hydrogen-bond donors (Lipinski definition) is 11. The maximum absolute atomic E-state index is 13.5. The molecular formula is C32H44N10O9S. The van der Waals surface area contributed by atoms with Gasteiger partial charge in [0.25, 0.3) is 0 Å². The second-order valence-corrected chi connectivity index (χ2v) is 12.8. The van der Waals surface area contributed by atoms with E-state index in [2.05, 4.69) is 41.5 Å². The molecule has 3 aromatic rings. The molecule has 0 saturated heterocycles. The van der Waals surface area contributed by atoms with Crippen molar-refractivity contribution >= 4 is 64.1 Å². The molecule has 0 bridgehead atoms. The zero-order chi connectivity index (χ0) is 38.2. The van der Waals surface area contributed by atoms with E-state index in [1.165, 1.54) is 24.3 Å². The highest BCUT2D eigenvalue weighted by Gasteiger charge is 2.30. The van der Waals surface area contributed by atoms with Crippen LogP contribution < -0.4 is 38.1 Å². The van der Waals surface area contributed by atoms with Gasteiger partial charge in [-0.15, -0.1) is 0 Å². The number of aromatic nitrogens is 3. The van der Waals surface area contributed by atoms with Crippen molar-refractivity contribution in [3.05, 3.63) is 54.2 Å². The highest BCUT2D eigenvalue weighted by molar-refractivity contribution is 7.98. The number of primary amides is 1. The summed E-state index contributed by atoms with van der Waals surface area (Å²) in [6, 6.07) is 1.01. The third-order valence-electron chi connectivity index (χ3n) is 7.86. The average Bonchev–Trinajstić information content (AvgIpc) is 3.79. The fraction of sp³-hybridized carbons (Fsp3) is 0.438. The summed E-state index contributed by atoms with van der Waals surface area (Å²) in [6.07, 6.45) is 5.97. The van der Waals surface area contributed by atoms with Gasteiger partial charge in [0, 0.05) is 41.8 Å². The summed E-state index contributed by atoms with van der Waals surface area (Å²) in [7, 11) is 0. The van der Waals surface area contributed by atoms with E-state index < -0.39 is 84.8 Å². The van der Waals surface area contributed by atoms with Gasteiger partial charge < -0.3 is 58.2 Å². The molecule has 0 aliphatic carbocycles. The molecule has 0 fully saturated rings. The molecule has 19 nitrogen and oxygen atoms in total. The Balaban J connectivity index is 1.65. The third-order valence-corrected chi connectivity index (χ3v) is 8.50. The number of nitrogens with two attached hydrogens (primary N) is 2. The summed E-state index contributed by atoms with van der Waals surface area (Å²) in [5, 5.41) is 31.5. The normalized spacial score (nSPS) is 13.9. The van der Waals surface area contributed by atoms with Gasteiger partial charge in [0.15, 0.2) is 0 Å². The summed E-state index contributed by atoms with van der Waals surface area (Å²) >= 11 is 1.39. The summed E-state index contributed by atoms with van der Waals surface area (Å²) < 4.78 is 0. The lowest BCUT2D eigenvalue weighted by molar-refractivity contribution is -0.143. The number of carboxylic acid groups (broad SMARTS) is 1. The Hall–Kier alpha value is -5.47. The van der Waals surface area contributed by atoms with Crippen LogP contribution >= 0.6 is 11.8 Å². The lowest BCUT2D eigenvalue weighted by Gasteiger charge is -2.24. The van der Waals surface area contributed by atoms with Gasteiger partial charge in [-0.05, 0) is 42.9 Å². The zero-order valence-corrected chi connectivity index (χ0v) is 29.2. The molecule has 0 unspecified atom stereocenters. The average molecular weight is 745 g/mol. The van der Waals surface area contributed by atoms with E-state index >= 15 is 0 Å². The van der Waals surface area contributed by atoms with Gasteiger partial charge in [-0.2, -0.15) is 11.8 Å².